The van der Waals surface area contributed by atoms with E-state index in [1.54, 1.807) is 18.9 Å². The topological polar surface area (TPSA) is 93.9 Å². The number of benzene rings is 2. The lowest BCUT2D eigenvalue weighted by atomic mass is 9.87. The van der Waals surface area contributed by atoms with Crippen LogP contribution in [0.2, 0.25) is 0 Å². The molecular weight excluding hydrogens is 478 g/mol. The quantitative estimate of drug-likeness (QED) is 0.513. The number of carbonyl (C=O) groups is 2. The van der Waals surface area contributed by atoms with Gasteiger partial charge in [-0.1, -0.05) is 45.0 Å². The number of fused-ring (bicyclic) bond motifs is 1. The summed E-state index contributed by atoms with van der Waals surface area (Å²) >= 11 is 1.46. The Kier molecular flexibility index (Phi) is 7.04. The molecule has 0 saturated heterocycles. The Hall–Kier alpha value is -3.46. The number of amides is 1. The number of ether oxygens (including phenoxy) is 2. The molecule has 2 aromatic carbocycles. The Morgan fingerprint density at radius 2 is 1.83 bits per heavy atom. The smallest absolute Gasteiger partial charge is 0.323 e. The Bertz CT molecular complexity index is 1310. The highest BCUT2D eigenvalue weighted by Gasteiger charge is 2.40. The average molecular weight is 510 g/mol. The number of para-hydroxylation sites is 1. The number of aromatic nitrogens is 2. The van der Waals surface area contributed by atoms with Crippen LogP contribution in [0, 0.1) is 6.92 Å². The Morgan fingerprint density at radius 3 is 2.44 bits per heavy atom. The maximum atomic E-state index is 13.4. The monoisotopic (exact) mass is 509 g/mol. The fraction of sp³-hybridized carbons (Fsp3) is 0.370. The van der Waals surface area contributed by atoms with Crippen LogP contribution in [0.25, 0.3) is 5.69 Å². The Labute approximate surface area is 215 Å². The summed E-state index contributed by atoms with van der Waals surface area (Å²) in [6.07, 6.45) is 0. The zero-order valence-electron chi connectivity index (χ0n) is 21.4. The first-order valence-corrected chi connectivity index (χ1v) is 12.7. The van der Waals surface area contributed by atoms with E-state index in [1.165, 1.54) is 16.7 Å². The summed E-state index contributed by atoms with van der Waals surface area (Å²) in [6, 6.07) is 13.5. The molecule has 1 aliphatic heterocycles. The first kappa shape index (κ1) is 25.6. The lowest BCUT2D eigenvalue weighted by Gasteiger charge is -2.24. The molecule has 0 saturated carbocycles. The van der Waals surface area contributed by atoms with Gasteiger partial charge < -0.3 is 14.6 Å². The van der Waals surface area contributed by atoms with Crippen LogP contribution in [0.3, 0.4) is 0 Å². The van der Waals surface area contributed by atoms with Gasteiger partial charge in [0, 0.05) is 11.0 Å². The molecule has 0 bridgehead atoms. The number of nitrogens with zero attached hydrogens (tertiary/aromatic N) is 3. The van der Waals surface area contributed by atoms with Crippen LogP contribution in [0.5, 0.6) is 11.5 Å². The predicted octanol–water partition coefficient (Wildman–Crippen LogP) is 4.75. The minimum Gasteiger partial charge on any atom is -0.493 e. The fourth-order valence-electron chi connectivity index (χ4n) is 4.46. The predicted molar refractivity (Wildman–Crippen MR) is 141 cm³/mol. The van der Waals surface area contributed by atoms with Gasteiger partial charge in [0.15, 0.2) is 11.5 Å². The summed E-state index contributed by atoms with van der Waals surface area (Å²) in [4.78, 5) is 26.7. The molecule has 0 spiro atoms. The summed E-state index contributed by atoms with van der Waals surface area (Å²) in [5.41, 5.74) is 3.93. The summed E-state index contributed by atoms with van der Waals surface area (Å²) < 4.78 is 12.7. The second-order valence-electron chi connectivity index (χ2n) is 9.71. The van der Waals surface area contributed by atoms with Crippen molar-refractivity contribution in [2.45, 2.75) is 38.4 Å². The zero-order valence-corrected chi connectivity index (χ0v) is 22.2. The normalized spacial score (nSPS) is 15.9. The molecule has 0 radical (unpaired) electrons. The molecule has 2 heterocycles. The van der Waals surface area contributed by atoms with Gasteiger partial charge in [-0.3, -0.25) is 14.5 Å². The summed E-state index contributed by atoms with van der Waals surface area (Å²) in [7, 11) is 3.17. The standard InChI is InChI=1S/C27H31N3O5S/c1-16-9-7-8-10-18(16)30-26-23(25(28-30)27(2,3)4)24(36-15-21(31)29(26)14-22(32)33)17-11-12-19(34-5)20(13-17)35-6/h7-13,24H,14-15H2,1-6H3,(H,32,33). The second kappa shape index (κ2) is 9.89. The van der Waals surface area contributed by atoms with Crippen LogP contribution in [-0.2, 0) is 15.0 Å². The average Bonchev–Trinajstić information content (AvgIpc) is 3.16. The number of methoxy groups -OCH3 is 2. The third-order valence-corrected chi connectivity index (χ3v) is 7.40. The van der Waals surface area contributed by atoms with E-state index < -0.39 is 12.5 Å². The van der Waals surface area contributed by atoms with Crippen molar-refractivity contribution in [3.05, 3.63) is 64.8 Å². The highest BCUT2D eigenvalue weighted by molar-refractivity contribution is 8.00. The molecule has 1 N–H and O–H groups in total. The Balaban J connectivity index is 2.07. The van der Waals surface area contributed by atoms with Crippen molar-refractivity contribution in [2.24, 2.45) is 0 Å². The number of anilines is 1. The van der Waals surface area contributed by atoms with Crippen LogP contribution < -0.4 is 14.4 Å². The van der Waals surface area contributed by atoms with Gasteiger partial charge in [0.2, 0.25) is 5.91 Å². The van der Waals surface area contributed by atoms with Crippen LogP contribution in [-0.4, -0.2) is 53.3 Å². The van der Waals surface area contributed by atoms with Crippen molar-refractivity contribution in [3.63, 3.8) is 0 Å². The van der Waals surface area contributed by atoms with Crippen molar-refractivity contribution >= 4 is 29.5 Å². The van der Waals surface area contributed by atoms with E-state index in [0.29, 0.717) is 17.3 Å². The van der Waals surface area contributed by atoms with Gasteiger partial charge in [-0.2, -0.15) is 5.10 Å². The van der Waals surface area contributed by atoms with Crippen LogP contribution >= 0.6 is 11.8 Å². The van der Waals surface area contributed by atoms with E-state index in [9.17, 15) is 14.7 Å². The lowest BCUT2D eigenvalue weighted by Crippen LogP contribution is -2.38. The number of aliphatic carboxylic acids is 1. The molecule has 36 heavy (non-hydrogen) atoms. The molecule has 0 fully saturated rings. The number of hydrogen-bond acceptors (Lipinski definition) is 6. The van der Waals surface area contributed by atoms with Crippen LogP contribution in [0.4, 0.5) is 5.82 Å². The lowest BCUT2D eigenvalue weighted by molar-refractivity contribution is -0.136. The van der Waals surface area contributed by atoms with Gasteiger partial charge in [0.1, 0.15) is 12.4 Å². The van der Waals surface area contributed by atoms with E-state index in [0.717, 1.165) is 28.1 Å². The molecule has 1 atom stereocenters. The molecule has 1 amide bonds. The fourth-order valence-corrected chi connectivity index (χ4v) is 5.64. The van der Waals surface area contributed by atoms with Gasteiger partial charge in [0.05, 0.1) is 36.6 Å². The molecule has 1 aromatic heterocycles. The minimum absolute atomic E-state index is 0.123. The van der Waals surface area contributed by atoms with Gasteiger partial charge in [-0.15, -0.1) is 11.8 Å². The van der Waals surface area contributed by atoms with Gasteiger partial charge >= 0.3 is 5.97 Å². The third kappa shape index (κ3) is 4.67. The highest BCUT2D eigenvalue weighted by Crippen LogP contribution is 2.49. The SMILES string of the molecule is COc1ccc(C2SCC(=O)N(CC(=O)O)c3c2c(C(C)(C)C)nn3-c2ccccc2C)cc1OC. The van der Waals surface area contributed by atoms with E-state index in [1.807, 2.05) is 49.4 Å². The van der Waals surface area contributed by atoms with E-state index in [2.05, 4.69) is 20.8 Å². The van der Waals surface area contributed by atoms with Crippen LogP contribution in [0.1, 0.15) is 48.4 Å². The molecule has 9 heteroatoms. The van der Waals surface area contributed by atoms with Crippen molar-refractivity contribution in [3.8, 4) is 17.2 Å². The number of carboxylic acids is 1. The van der Waals surface area contributed by atoms with Crippen LogP contribution in [0.15, 0.2) is 42.5 Å². The van der Waals surface area contributed by atoms with Crippen molar-refractivity contribution < 1.29 is 24.2 Å². The molecule has 3 aromatic rings. The first-order valence-electron chi connectivity index (χ1n) is 11.6. The summed E-state index contributed by atoms with van der Waals surface area (Å²) in [5, 5.41) is 14.5. The number of thioether (sulfide) groups is 1. The van der Waals surface area contributed by atoms with Gasteiger partial charge in [-0.05, 0) is 36.2 Å². The molecular formula is C27H31N3O5S. The molecule has 1 aliphatic rings. The molecule has 4 rings (SSSR count). The molecule has 0 aliphatic carbocycles. The number of rotatable bonds is 6. The maximum absolute atomic E-state index is 13.4. The number of aryl methyl sites for hydroxylation is 1. The number of hydrogen-bond donors (Lipinski definition) is 1. The molecule has 190 valence electrons. The second-order valence-corrected chi connectivity index (χ2v) is 10.8. The van der Waals surface area contributed by atoms with Crippen molar-refractivity contribution in [1.82, 2.24) is 9.78 Å². The third-order valence-electron chi connectivity index (χ3n) is 6.15. The van der Waals surface area contributed by atoms with E-state index >= 15 is 0 Å². The summed E-state index contributed by atoms with van der Waals surface area (Å²) in [5.74, 6) is 0.444. The van der Waals surface area contributed by atoms with Crippen molar-refractivity contribution in [2.75, 3.05) is 31.4 Å². The largest absolute Gasteiger partial charge is 0.493 e. The zero-order chi connectivity index (χ0) is 26.2. The summed E-state index contributed by atoms with van der Waals surface area (Å²) in [6.45, 7) is 7.74. The minimum atomic E-state index is -1.08. The molecule has 8 nitrogen and oxygen atoms in total. The van der Waals surface area contributed by atoms with Gasteiger partial charge in [0.25, 0.3) is 0 Å². The maximum Gasteiger partial charge on any atom is 0.323 e. The molecule has 1 unspecified atom stereocenters. The van der Waals surface area contributed by atoms with Gasteiger partial charge in [-0.25, -0.2) is 4.68 Å². The Morgan fingerprint density at radius 1 is 1.14 bits per heavy atom. The highest BCUT2D eigenvalue weighted by atomic mass is 32.2. The number of carbonyl (C=O) groups excluding carboxylic acids is 1. The number of carboxylic acid groups (broad SMARTS) is 1. The van der Waals surface area contributed by atoms with E-state index in [4.69, 9.17) is 14.6 Å². The van der Waals surface area contributed by atoms with Crippen molar-refractivity contribution in [1.29, 1.82) is 0 Å². The first-order chi connectivity index (χ1) is 17.1. The van der Waals surface area contributed by atoms with E-state index in [-0.39, 0.29) is 22.3 Å².